The molecule has 1 aromatic heterocycles. The monoisotopic (exact) mass is 294 g/mol. The summed E-state index contributed by atoms with van der Waals surface area (Å²) in [5.41, 5.74) is 0.112. The van der Waals surface area contributed by atoms with E-state index in [4.69, 9.17) is 0 Å². The van der Waals surface area contributed by atoms with Crippen LogP contribution in [0.4, 0.5) is 0 Å². The van der Waals surface area contributed by atoms with Gasteiger partial charge < -0.3 is 15.3 Å². The molecular weight excluding hydrogens is 272 g/mol. The Hall–Kier alpha value is -2.02. The molecule has 0 aliphatic rings. The molecule has 0 spiro atoms. The van der Waals surface area contributed by atoms with Gasteiger partial charge >= 0.3 is 0 Å². The molecule has 21 heavy (non-hydrogen) atoms. The Balaban J connectivity index is 2.72. The van der Waals surface area contributed by atoms with Crippen molar-refractivity contribution in [1.29, 1.82) is 0 Å². The summed E-state index contributed by atoms with van der Waals surface area (Å²) < 4.78 is 0. The molecular formula is C14H22N4O3. The summed E-state index contributed by atoms with van der Waals surface area (Å²) in [6, 6.07) is -0.961. The van der Waals surface area contributed by atoms with Gasteiger partial charge in [0.05, 0.1) is 12.8 Å². The smallest absolute Gasteiger partial charge is 0.272 e. The lowest BCUT2D eigenvalue weighted by molar-refractivity contribution is -0.134. The number of rotatable bonds is 8. The molecule has 7 heteroatoms. The summed E-state index contributed by atoms with van der Waals surface area (Å²) in [5, 5.41) is 11.9. The summed E-state index contributed by atoms with van der Waals surface area (Å²) in [6.45, 7) is 4.70. The summed E-state index contributed by atoms with van der Waals surface area (Å²) in [5.74, 6) is -0.804. The Labute approximate surface area is 124 Å². The molecule has 0 bridgehead atoms. The van der Waals surface area contributed by atoms with E-state index >= 15 is 0 Å². The molecule has 0 aromatic carbocycles. The molecule has 0 fully saturated rings. The van der Waals surface area contributed by atoms with Crippen molar-refractivity contribution in [2.24, 2.45) is 0 Å². The third-order valence-electron chi connectivity index (χ3n) is 2.88. The second-order valence-corrected chi connectivity index (χ2v) is 4.62. The average molecular weight is 294 g/mol. The van der Waals surface area contributed by atoms with Gasteiger partial charge in [0.2, 0.25) is 5.91 Å². The molecule has 2 N–H and O–H groups in total. The highest BCUT2D eigenvalue weighted by atomic mass is 16.3. The molecule has 0 saturated carbocycles. The lowest BCUT2D eigenvalue weighted by Crippen LogP contribution is -2.51. The van der Waals surface area contributed by atoms with Crippen LogP contribution in [0.3, 0.4) is 0 Å². The fraction of sp³-hybridized carbons (Fsp3) is 0.571. The first-order chi connectivity index (χ1) is 10.1. The highest BCUT2D eigenvalue weighted by Gasteiger charge is 2.25. The second-order valence-electron chi connectivity index (χ2n) is 4.62. The molecule has 0 saturated heterocycles. The molecule has 0 unspecified atom stereocenters. The van der Waals surface area contributed by atoms with Gasteiger partial charge in [-0.1, -0.05) is 13.8 Å². The van der Waals surface area contributed by atoms with Crippen molar-refractivity contribution in [1.82, 2.24) is 20.2 Å². The van der Waals surface area contributed by atoms with E-state index in [1.165, 1.54) is 18.6 Å². The molecule has 7 nitrogen and oxygen atoms in total. The Kier molecular flexibility index (Phi) is 7.31. The summed E-state index contributed by atoms with van der Waals surface area (Å²) in [6.07, 6.45) is 5.80. The van der Waals surface area contributed by atoms with E-state index in [9.17, 15) is 14.7 Å². The van der Waals surface area contributed by atoms with Gasteiger partial charge in [-0.15, -0.1) is 0 Å². The van der Waals surface area contributed by atoms with Crippen LogP contribution in [0.2, 0.25) is 0 Å². The van der Waals surface area contributed by atoms with Crippen molar-refractivity contribution in [3.8, 4) is 0 Å². The van der Waals surface area contributed by atoms with Crippen molar-refractivity contribution in [2.75, 3.05) is 19.7 Å². The van der Waals surface area contributed by atoms with Crippen LogP contribution >= 0.6 is 0 Å². The largest absolute Gasteiger partial charge is 0.394 e. The van der Waals surface area contributed by atoms with Crippen LogP contribution in [0.5, 0.6) is 0 Å². The zero-order valence-electron chi connectivity index (χ0n) is 12.5. The van der Waals surface area contributed by atoms with E-state index < -0.39 is 18.6 Å². The number of carbonyl (C=O) groups is 2. The van der Waals surface area contributed by atoms with E-state index in [-0.39, 0.29) is 11.6 Å². The normalized spacial score (nSPS) is 11.8. The summed E-state index contributed by atoms with van der Waals surface area (Å²) in [4.78, 5) is 33.6. The molecule has 0 radical (unpaired) electrons. The van der Waals surface area contributed by atoms with Crippen LogP contribution in [-0.2, 0) is 4.79 Å². The zero-order chi connectivity index (χ0) is 15.7. The molecule has 1 heterocycles. The molecule has 1 atom stereocenters. The molecule has 0 aliphatic carbocycles. The molecule has 1 aromatic rings. The lowest BCUT2D eigenvalue weighted by Gasteiger charge is -2.26. The number of carbonyl (C=O) groups excluding carboxylic acids is 2. The molecule has 116 valence electrons. The SMILES string of the molecule is CCCN(CCC)C(=O)[C@H](CO)NC(=O)c1cnccn1. The number of amides is 2. The summed E-state index contributed by atoms with van der Waals surface area (Å²) >= 11 is 0. The predicted octanol–water partition coefficient (Wildman–Crippen LogP) is 0.216. The third kappa shape index (κ3) is 5.11. The highest BCUT2D eigenvalue weighted by molar-refractivity contribution is 5.95. The Morgan fingerprint density at radius 2 is 1.95 bits per heavy atom. The fourth-order valence-corrected chi connectivity index (χ4v) is 1.93. The van der Waals surface area contributed by atoms with Gasteiger partial charge in [0.25, 0.3) is 5.91 Å². The predicted molar refractivity (Wildman–Crippen MR) is 77.5 cm³/mol. The van der Waals surface area contributed by atoms with Crippen LogP contribution in [0, 0.1) is 0 Å². The number of nitrogens with one attached hydrogen (secondary N) is 1. The number of hydrogen-bond donors (Lipinski definition) is 2. The minimum atomic E-state index is -0.961. The second kappa shape index (κ2) is 9.02. The number of hydrogen-bond acceptors (Lipinski definition) is 5. The first kappa shape index (κ1) is 17.0. The van der Waals surface area contributed by atoms with Gasteiger partial charge in [0.15, 0.2) is 0 Å². The van der Waals surface area contributed by atoms with Crippen LogP contribution in [0.25, 0.3) is 0 Å². The molecule has 1 rings (SSSR count). The van der Waals surface area contributed by atoms with Crippen molar-refractivity contribution in [3.05, 3.63) is 24.3 Å². The quantitative estimate of drug-likeness (QED) is 0.715. The number of nitrogens with zero attached hydrogens (tertiary/aromatic N) is 3. The average Bonchev–Trinajstić information content (AvgIpc) is 2.52. The first-order valence-electron chi connectivity index (χ1n) is 7.10. The topological polar surface area (TPSA) is 95.4 Å². The standard InChI is InChI=1S/C14H22N4O3/c1-3-7-18(8-4-2)14(21)12(10-19)17-13(20)11-9-15-5-6-16-11/h5-6,9,12,19H,3-4,7-8,10H2,1-2H3,(H,17,20)/t12-/m0/s1. The van der Waals surface area contributed by atoms with Gasteiger partial charge in [-0.05, 0) is 12.8 Å². The Bertz CT molecular complexity index is 447. The number of aliphatic hydroxyl groups excluding tert-OH is 1. The minimum Gasteiger partial charge on any atom is -0.394 e. The fourth-order valence-electron chi connectivity index (χ4n) is 1.93. The summed E-state index contributed by atoms with van der Waals surface area (Å²) in [7, 11) is 0. The molecule has 0 aliphatic heterocycles. The van der Waals surface area contributed by atoms with E-state index in [0.29, 0.717) is 13.1 Å². The number of aromatic nitrogens is 2. The van der Waals surface area contributed by atoms with Crippen LogP contribution in [0.15, 0.2) is 18.6 Å². The molecule has 2 amide bonds. The maximum atomic E-state index is 12.3. The van der Waals surface area contributed by atoms with Gasteiger partial charge in [0, 0.05) is 25.5 Å². The van der Waals surface area contributed by atoms with E-state index in [0.717, 1.165) is 12.8 Å². The van der Waals surface area contributed by atoms with E-state index in [1.807, 2.05) is 13.8 Å². The van der Waals surface area contributed by atoms with E-state index in [1.54, 1.807) is 4.90 Å². The zero-order valence-corrected chi connectivity index (χ0v) is 12.5. The van der Waals surface area contributed by atoms with Gasteiger partial charge in [-0.3, -0.25) is 14.6 Å². The Morgan fingerprint density at radius 3 is 2.43 bits per heavy atom. The van der Waals surface area contributed by atoms with Crippen LogP contribution < -0.4 is 5.32 Å². The van der Waals surface area contributed by atoms with Gasteiger partial charge in [-0.2, -0.15) is 0 Å². The van der Waals surface area contributed by atoms with Crippen molar-refractivity contribution in [3.63, 3.8) is 0 Å². The van der Waals surface area contributed by atoms with Crippen LogP contribution in [-0.4, -0.2) is 57.5 Å². The lowest BCUT2D eigenvalue weighted by atomic mass is 10.2. The van der Waals surface area contributed by atoms with Crippen molar-refractivity contribution < 1.29 is 14.7 Å². The van der Waals surface area contributed by atoms with Gasteiger partial charge in [-0.25, -0.2) is 4.98 Å². The van der Waals surface area contributed by atoms with Gasteiger partial charge in [0.1, 0.15) is 11.7 Å². The van der Waals surface area contributed by atoms with Crippen LogP contribution in [0.1, 0.15) is 37.2 Å². The minimum absolute atomic E-state index is 0.112. The number of aliphatic hydroxyl groups is 1. The van der Waals surface area contributed by atoms with E-state index in [2.05, 4.69) is 15.3 Å². The highest BCUT2D eigenvalue weighted by Crippen LogP contribution is 2.01. The maximum Gasteiger partial charge on any atom is 0.272 e. The third-order valence-corrected chi connectivity index (χ3v) is 2.88. The maximum absolute atomic E-state index is 12.3. The first-order valence-corrected chi connectivity index (χ1v) is 7.10. The van der Waals surface area contributed by atoms with Crippen molar-refractivity contribution >= 4 is 11.8 Å². The Morgan fingerprint density at radius 1 is 1.29 bits per heavy atom. The van der Waals surface area contributed by atoms with Crippen molar-refractivity contribution in [2.45, 2.75) is 32.7 Å².